The normalized spacial score (nSPS) is 10.3. The van der Waals surface area contributed by atoms with Crippen LogP contribution >= 0.6 is 0 Å². The first-order valence-electron chi connectivity index (χ1n) is 5.05. The molecule has 0 amide bonds. The summed E-state index contributed by atoms with van der Waals surface area (Å²) >= 11 is 0. The summed E-state index contributed by atoms with van der Waals surface area (Å²) in [5.41, 5.74) is 1.13. The molecule has 0 radical (unpaired) electrons. The first kappa shape index (κ1) is 9.77. The lowest BCUT2D eigenvalue weighted by Crippen LogP contribution is -1.92. The van der Waals surface area contributed by atoms with Gasteiger partial charge in [-0.3, -0.25) is 4.68 Å². The molecule has 0 saturated heterocycles. The Morgan fingerprint density at radius 3 is 2.80 bits per heavy atom. The summed E-state index contributed by atoms with van der Waals surface area (Å²) in [7, 11) is 0. The molecule has 78 valence electrons. The molecule has 0 aliphatic rings. The number of rotatable bonds is 3. The highest BCUT2D eigenvalue weighted by Gasteiger charge is 2.02. The lowest BCUT2D eigenvalue weighted by molar-refractivity contribution is 0.477. The van der Waals surface area contributed by atoms with E-state index in [1.54, 1.807) is 6.20 Å². The van der Waals surface area contributed by atoms with Gasteiger partial charge >= 0.3 is 0 Å². The van der Waals surface area contributed by atoms with E-state index in [1.807, 2.05) is 49.0 Å². The summed E-state index contributed by atoms with van der Waals surface area (Å²) < 4.78 is 7.55. The minimum Gasteiger partial charge on any atom is -0.454 e. The Kier molecular flexibility index (Phi) is 2.72. The van der Waals surface area contributed by atoms with E-state index in [9.17, 15) is 0 Å². The third-order valence-corrected chi connectivity index (χ3v) is 2.25. The zero-order chi connectivity index (χ0) is 10.7. The summed E-state index contributed by atoms with van der Waals surface area (Å²) in [6, 6.07) is 7.95. The van der Waals surface area contributed by atoms with Crippen LogP contribution < -0.4 is 4.74 Å². The number of aromatic nitrogens is 2. The van der Waals surface area contributed by atoms with E-state index in [2.05, 4.69) is 5.10 Å². The van der Waals surface area contributed by atoms with E-state index in [1.165, 1.54) is 0 Å². The fraction of sp³-hybridized carbons (Fsp3) is 0.250. The molecule has 3 heteroatoms. The standard InChI is InChI=1S/C12H14N2O/c1-3-14-9-11(8-13-14)15-12-7-5-4-6-10(12)2/h4-9H,3H2,1-2H3. The van der Waals surface area contributed by atoms with Gasteiger partial charge in [0.15, 0.2) is 5.75 Å². The highest BCUT2D eigenvalue weighted by atomic mass is 16.5. The van der Waals surface area contributed by atoms with Crippen LogP contribution in [0, 0.1) is 6.92 Å². The van der Waals surface area contributed by atoms with E-state index in [-0.39, 0.29) is 0 Å². The molecule has 2 aromatic rings. The first-order valence-corrected chi connectivity index (χ1v) is 5.05. The van der Waals surface area contributed by atoms with Gasteiger partial charge in [0.2, 0.25) is 0 Å². The molecule has 0 atom stereocenters. The van der Waals surface area contributed by atoms with E-state index in [4.69, 9.17) is 4.74 Å². The maximum Gasteiger partial charge on any atom is 0.165 e. The highest BCUT2D eigenvalue weighted by Crippen LogP contribution is 2.23. The third kappa shape index (κ3) is 2.18. The lowest BCUT2D eigenvalue weighted by atomic mass is 10.2. The minimum absolute atomic E-state index is 0.783. The smallest absolute Gasteiger partial charge is 0.165 e. The topological polar surface area (TPSA) is 27.1 Å². The zero-order valence-electron chi connectivity index (χ0n) is 8.97. The van der Waals surface area contributed by atoms with Crippen LogP contribution in [-0.4, -0.2) is 9.78 Å². The van der Waals surface area contributed by atoms with Crippen LogP contribution in [0.3, 0.4) is 0 Å². The van der Waals surface area contributed by atoms with Crippen molar-refractivity contribution in [3.05, 3.63) is 42.2 Å². The van der Waals surface area contributed by atoms with Crippen molar-refractivity contribution in [3.8, 4) is 11.5 Å². The Hall–Kier alpha value is -1.77. The second kappa shape index (κ2) is 4.17. The summed E-state index contributed by atoms with van der Waals surface area (Å²) in [6.45, 7) is 4.93. The van der Waals surface area contributed by atoms with Gasteiger partial charge in [0.25, 0.3) is 0 Å². The number of nitrogens with zero attached hydrogens (tertiary/aromatic N) is 2. The lowest BCUT2D eigenvalue weighted by Gasteiger charge is -2.05. The highest BCUT2D eigenvalue weighted by molar-refractivity contribution is 5.35. The summed E-state index contributed by atoms with van der Waals surface area (Å²) in [5, 5.41) is 4.15. The Morgan fingerprint density at radius 1 is 1.33 bits per heavy atom. The van der Waals surface area contributed by atoms with Crippen LogP contribution in [0.2, 0.25) is 0 Å². The Balaban J connectivity index is 2.18. The second-order valence-corrected chi connectivity index (χ2v) is 3.40. The second-order valence-electron chi connectivity index (χ2n) is 3.40. The van der Waals surface area contributed by atoms with Gasteiger partial charge in [-0.25, -0.2) is 0 Å². The molecular formula is C12H14N2O. The van der Waals surface area contributed by atoms with Crippen LogP contribution in [0.1, 0.15) is 12.5 Å². The minimum atomic E-state index is 0.783. The predicted octanol–water partition coefficient (Wildman–Crippen LogP) is 3.00. The molecule has 0 aliphatic heterocycles. The molecule has 0 fully saturated rings. The number of ether oxygens (including phenoxy) is 1. The third-order valence-electron chi connectivity index (χ3n) is 2.25. The predicted molar refractivity (Wildman–Crippen MR) is 59.2 cm³/mol. The molecule has 1 aromatic heterocycles. The number of para-hydroxylation sites is 1. The Labute approximate surface area is 89.3 Å². The van der Waals surface area contributed by atoms with Crippen molar-refractivity contribution in [2.75, 3.05) is 0 Å². The van der Waals surface area contributed by atoms with Crippen molar-refractivity contribution >= 4 is 0 Å². The van der Waals surface area contributed by atoms with Crippen LogP contribution in [0.15, 0.2) is 36.7 Å². The Morgan fingerprint density at radius 2 is 2.13 bits per heavy atom. The molecule has 15 heavy (non-hydrogen) atoms. The van der Waals surface area contributed by atoms with Gasteiger partial charge in [-0.2, -0.15) is 5.10 Å². The summed E-state index contributed by atoms with van der Waals surface area (Å²) in [4.78, 5) is 0. The van der Waals surface area contributed by atoms with Gasteiger partial charge in [0, 0.05) is 6.54 Å². The van der Waals surface area contributed by atoms with Crippen LogP contribution in [-0.2, 0) is 6.54 Å². The summed E-state index contributed by atoms with van der Waals surface area (Å²) in [6.07, 6.45) is 3.63. The van der Waals surface area contributed by atoms with Gasteiger partial charge in [0.05, 0.1) is 12.4 Å². The monoisotopic (exact) mass is 202 g/mol. The average Bonchev–Trinajstić information content (AvgIpc) is 2.69. The van der Waals surface area contributed by atoms with E-state index in [0.717, 1.165) is 23.6 Å². The molecule has 3 nitrogen and oxygen atoms in total. The van der Waals surface area contributed by atoms with Crippen molar-refractivity contribution in [2.24, 2.45) is 0 Å². The van der Waals surface area contributed by atoms with E-state index >= 15 is 0 Å². The first-order chi connectivity index (χ1) is 7.29. The fourth-order valence-corrected chi connectivity index (χ4v) is 1.37. The molecule has 0 saturated carbocycles. The molecule has 2 rings (SSSR count). The van der Waals surface area contributed by atoms with Crippen molar-refractivity contribution in [1.82, 2.24) is 9.78 Å². The number of benzene rings is 1. The SMILES string of the molecule is CCn1cc(Oc2ccccc2C)cn1. The molecular weight excluding hydrogens is 188 g/mol. The maximum atomic E-state index is 5.71. The van der Waals surface area contributed by atoms with Crippen molar-refractivity contribution in [2.45, 2.75) is 20.4 Å². The molecule has 0 N–H and O–H groups in total. The van der Waals surface area contributed by atoms with Gasteiger partial charge in [0.1, 0.15) is 5.75 Å². The molecule has 0 unspecified atom stereocenters. The van der Waals surface area contributed by atoms with Gasteiger partial charge < -0.3 is 4.74 Å². The van der Waals surface area contributed by atoms with Crippen LogP contribution in [0.25, 0.3) is 0 Å². The van der Waals surface area contributed by atoms with Gasteiger partial charge in [-0.1, -0.05) is 18.2 Å². The largest absolute Gasteiger partial charge is 0.454 e. The van der Waals surface area contributed by atoms with Crippen LogP contribution in [0.5, 0.6) is 11.5 Å². The van der Waals surface area contributed by atoms with Crippen molar-refractivity contribution in [3.63, 3.8) is 0 Å². The quantitative estimate of drug-likeness (QED) is 0.765. The van der Waals surface area contributed by atoms with E-state index in [0.29, 0.717) is 0 Å². The number of hydrogen-bond acceptors (Lipinski definition) is 2. The Bertz CT molecular complexity index is 448. The zero-order valence-corrected chi connectivity index (χ0v) is 8.97. The van der Waals surface area contributed by atoms with Crippen LogP contribution in [0.4, 0.5) is 0 Å². The fourth-order valence-electron chi connectivity index (χ4n) is 1.37. The molecule has 1 aromatic carbocycles. The molecule has 0 bridgehead atoms. The van der Waals surface area contributed by atoms with E-state index < -0.39 is 0 Å². The number of aryl methyl sites for hydroxylation is 2. The molecule has 1 heterocycles. The maximum absolute atomic E-state index is 5.71. The van der Waals surface area contributed by atoms with Crippen molar-refractivity contribution < 1.29 is 4.74 Å². The van der Waals surface area contributed by atoms with Gasteiger partial charge in [-0.05, 0) is 25.5 Å². The van der Waals surface area contributed by atoms with Crippen molar-refractivity contribution in [1.29, 1.82) is 0 Å². The average molecular weight is 202 g/mol. The molecule has 0 aliphatic carbocycles. The molecule has 0 spiro atoms. The van der Waals surface area contributed by atoms with Gasteiger partial charge in [-0.15, -0.1) is 0 Å². The number of hydrogen-bond donors (Lipinski definition) is 0. The summed E-state index contributed by atoms with van der Waals surface area (Å²) in [5.74, 6) is 1.67.